The minimum Gasteiger partial charge on any atom is -0.357 e. The zero-order valence-electron chi connectivity index (χ0n) is 14.9. The smallest absolute Gasteiger partial charge is 0.274 e. The average molecular weight is 337 g/mol. The van der Waals surface area contributed by atoms with Crippen LogP contribution in [0.3, 0.4) is 0 Å². The molecule has 1 amide bonds. The third-order valence-corrected chi connectivity index (χ3v) is 3.64. The van der Waals surface area contributed by atoms with Gasteiger partial charge in [-0.2, -0.15) is 5.26 Å². The SMILES string of the molecule is CCCN(CCC)c1cc(C(=O)Nc2ccc(C#N)cc2)nc(C)n1. The number of anilines is 2. The first-order chi connectivity index (χ1) is 12.1. The van der Waals surface area contributed by atoms with Gasteiger partial charge in [0, 0.05) is 24.8 Å². The number of aromatic nitrogens is 2. The molecule has 2 rings (SSSR count). The van der Waals surface area contributed by atoms with Crippen molar-refractivity contribution in [3.63, 3.8) is 0 Å². The molecular formula is C19H23N5O. The Bertz CT molecular complexity index is 758. The number of amides is 1. The van der Waals surface area contributed by atoms with Crippen LogP contribution in [0, 0.1) is 18.3 Å². The van der Waals surface area contributed by atoms with Crippen molar-refractivity contribution < 1.29 is 4.79 Å². The monoisotopic (exact) mass is 337 g/mol. The van der Waals surface area contributed by atoms with Crippen molar-refractivity contribution in [3.05, 3.63) is 47.4 Å². The van der Waals surface area contributed by atoms with Crippen LogP contribution in [0.5, 0.6) is 0 Å². The average Bonchev–Trinajstić information content (AvgIpc) is 2.61. The number of nitrogens with zero attached hydrogens (tertiary/aromatic N) is 4. The summed E-state index contributed by atoms with van der Waals surface area (Å²) < 4.78 is 0. The van der Waals surface area contributed by atoms with Gasteiger partial charge in [-0.3, -0.25) is 4.79 Å². The first-order valence-corrected chi connectivity index (χ1v) is 8.49. The van der Waals surface area contributed by atoms with E-state index < -0.39 is 0 Å². The van der Waals surface area contributed by atoms with E-state index in [1.54, 1.807) is 37.3 Å². The van der Waals surface area contributed by atoms with Crippen LogP contribution >= 0.6 is 0 Å². The molecule has 25 heavy (non-hydrogen) atoms. The number of hydrogen-bond acceptors (Lipinski definition) is 5. The summed E-state index contributed by atoms with van der Waals surface area (Å²) in [6, 6.07) is 10.5. The van der Waals surface area contributed by atoms with Crippen LogP contribution in [0.4, 0.5) is 11.5 Å². The molecule has 1 N–H and O–H groups in total. The Kier molecular flexibility index (Phi) is 6.47. The molecule has 0 aliphatic rings. The molecule has 1 heterocycles. The van der Waals surface area contributed by atoms with E-state index in [0.717, 1.165) is 31.7 Å². The van der Waals surface area contributed by atoms with Gasteiger partial charge >= 0.3 is 0 Å². The molecule has 0 fully saturated rings. The highest BCUT2D eigenvalue weighted by Gasteiger charge is 2.14. The van der Waals surface area contributed by atoms with E-state index in [0.29, 0.717) is 22.8 Å². The van der Waals surface area contributed by atoms with E-state index in [1.807, 2.05) is 0 Å². The summed E-state index contributed by atoms with van der Waals surface area (Å²) in [6.07, 6.45) is 2.02. The van der Waals surface area contributed by atoms with Crippen LogP contribution in [-0.4, -0.2) is 29.0 Å². The standard InChI is InChI=1S/C19H23N5O/c1-4-10-24(11-5-2)18-12-17(21-14(3)22-18)19(25)23-16-8-6-15(13-20)7-9-16/h6-9,12H,4-5,10-11H2,1-3H3,(H,23,25). The predicted molar refractivity (Wildman–Crippen MR) is 98.7 cm³/mol. The lowest BCUT2D eigenvalue weighted by Crippen LogP contribution is -2.27. The summed E-state index contributed by atoms with van der Waals surface area (Å²) in [5.74, 6) is 1.06. The highest BCUT2D eigenvalue weighted by Crippen LogP contribution is 2.16. The number of carbonyl (C=O) groups excluding carboxylic acids is 1. The Morgan fingerprint density at radius 1 is 1.16 bits per heavy atom. The maximum Gasteiger partial charge on any atom is 0.274 e. The summed E-state index contributed by atoms with van der Waals surface area (Å²) in [4.78, 5) is 23.4. The van der Waals surface area contributed by atoms with Gasteiger partial charge in [-0.15, -0.1) is 0 Å². The third kappa shape index (κ3) is 5.01. The Morgan fingerprint density at radius 2 is 1.80 bits per heavy atom. The molecule has 0 aliphatic carbocycles. The third-order valence-electron chi connectivity index (χ3n) is 3.64. The predicted octanol–water partition coefficient (Wildman–Crippen LogP) is 3.54. The summed E-state index contributed by atoms with van der Waals surface area (Å²) in [7, 11) is 0. The number of carbonyl (C=O) groups is 1. The van der Waals surface area contributed by atoms with Crippen molar-refractivity contribution in [2.24, 2.45) is 0 Å². The van der Waals surface area contributed by atoms with Crippen LogP contribution in [0.15, 0.2) is 30.3 Å². The number of rotatable bonds is 7. The molecule has 130 valence electrons. The Labute approximate surface area is 148 Å². The van der Waals surface area contributed by atoms with Crippen molar-refractivity contribution in [2.45, 2.75) is 33.6 Å². The normalized spacial score (nSPS) is 10.2. The first-order valence-electron chi connectivity index (χ1n) is 8.49. The fourth-order valence-corrected chi connectivity index (χ4v) is 2.53. The molecular weight excluding hydrogens is 314 g/mol. The van der Waals surface area contributed by atoms with Crippen LogP contribution in [0.1, 0.15) is 48.6 Å². The molecule has 1 aromatic heterocycles. The number of aryl methyl sites for hydroxylation is 1. The van der Waals surface area contributed by atoms with Crippen LogP contribution < -0.4 is 10.2 Å². The number of hydrogen-bond donors (Lipinski definition) is 1. The van der Waals surface area contributed by atoms with Crippen LogP contribution in [0.25, 0.3) is 0 Å². The van der Waals surface area contributed by atoms with Crippen molar-refractivity contribution in [2.75, 3.05) is 23.3 Å². The van der Waals surface area contributed by atoms with Gasteiger partial charge in [0.05, 0.1) is 11.6 Å². The molecule has 0 atom stereocenters. The lowest BCUT2D eigenvalue weighted by atomic mass is 10.2. The Morgan fingerprint density at radius 3 is 2.36 bits per heavy atom. The van der Waals surface area contributed by atoms with Crippen LogP contribution in [0.2, 0.25) is 0 Å². The molecule has 1 aromatic carbocycles. The number of benzene rings is 1. The van der Waals surface area contributed by atoms with E-state index in [9.17, 15) is 4.79 Å². The van der Waals surface area contributed by atoms with Gasteiger partial charge < -0.3 is 10.2 Å². The number of nitriles is 1. The van der Waals surface area contributed by atoms with Gasteiger partial charge in [-0.25, -0.2) is 9.97 Å². The van der Waals surface area contributed by atoms with E-state index in [1.165, 1.54) is 0 Å². The molecule has 0 saturated heterocycles. The molecule has 0 unspecified atom stereocenters. The molecule has 0 aliphatic heterocycles. The highest BCUT2D eigenvalue weighted by molar-refractivity contribution is 6.03. The second-order valence-electron chi connectivity index (χ2n) is 5.79. The summed E-state index contributed by atoms with van der Waals surface area (Å²) >= 11 is 0. The second-order valence-corrected chi connectivity index (χ2v) is 5.79. The van der Waals surface area contributed by atoms with Crippen molar-refractivity contribution in [1.29, 1.82) is 5.26 Å². The van der Waals surface area contributed by atoms with Gasteiger partial charge in [-0.05, 0) is 44.0 Å². The molecule has 0 saturated carbocycles. The van der Waals surface area contributed by atoms with E-state index in [4.69, 9.17) is 5.26 Å². The zero-order valence-corrected chi connectivity index (χ0v) is 14.9. The summed E-state index contributed by atoms with van der Waals surface area (Å²) in [5.41, 5.74) is 1.51. The lowest BCUT2D eigenvalue weighted by Gasteiger charge is -2.23. The Balaban J connectivity index is 2.22. The minimum absolute atomic E-state index is 0.288. The van der Waals surface area contributed by atoms with Crippen molar-refractivity contribution in [3.8, 4) is 6.07 Å². The van der Waals surface area contributed by atoms with Crippen molar-refractivity contribution >= 4 is 17.4 Å². The van der Waals surface area contributed by atoms with E-state index >= 15 is 0 Å². The van der Waals surface area contributed by atoms with Gasteiger partial charge in [0.2, 0.25) is 0 Å². The molecule has 0 radical (unpaired) electrons. The van der Waals surface area contributed by atoms with Gasteiger partial charge in [0.15, 0.2) is 0 Å². The Hall–Kier alpha value is -2.94. The lowest BCUT2D eigenvalue weighted by molar-refractivity contribution is 0.102. The highest BCUT2D eigenvalue weighted by atomic mass is 16.1. The quantitative estimate of drug-likeness (QED) is 0.835. The topological polar surface area (TPSA) is 81.9 Å². The molecule has 6 nitrogen and oxygen atoms in total. The molecule has 0 bridgehead atoms. The maximum absolute atomic E-state index is 12.5. The molecule has 6 heteroatoms. The number of nitrogens with one attached hydrogen (secondary N) is 1. The fourth-order valence-electron chi connectivity index (χ4n) is 2.53. The minimum atomic E-state index is -0.288. The summed E-state index contributed by atoms with van der Waals surface area (Å²) in [6.45, 7) is 7.81. The first kappa shape index (κ1) is 18.4. The largest absolute Gasteiger partial charge is 0.357 e. The van der Waals surface area contributed by atoms with Crippen molar-refractivity contribution in [1.82, 2.24) is 9.97 Å². The molecule has 0 spiro atoms. The maximum atomic E-state index is 12.5. The molecule has 2 aromatic rings. The fraction of sp³-hybridized carbons (Fsp3) is 0.368. The van der Waals surface area contributed by atoms with Gasteiger partial charge in [0.1, 0.15) is 17.3 Å². The van der Waals surface area contributed by atoms with Gasteiger partial charge in [0.25, 0.3) is 5.91 Å². The van der Waals surface area contributed by atoms with Gasteiger partial charge in [-0.1, -0.05) is 13.8 Å². The van der Waals surface area contributed by atoms with E-state index in [-0.39, 0.29) is 5.91 Å². The zero-order chi connectivity index (χ0) is 18.2. The second kappa shape index (κ2) is 8.78. The van der Waals surface area contributed by atoms with E-state index in [2.05, 4.69) is 40.1 Å². The van der Waals surface area contributed by atoms with Crippen LogP contribution in [-0.2, 0) is 0 Å². The summed E-state index contributed by atoms with van der Waals surface area (Å²) in [5, 5.41) is 11.6.